The van der Waals surface area contributed by atoms with E-state index in [1.165, 1.54) is 16.8 Å². The van der Waals surface area contributed by atoms with Crippen molar-refractivity contribution in [1.29, 1.82) is 0 Å². The van der Waals surface area contributed by atoms with Crippen LogP contribution in [0.1, 0.15) is 0 Å². The predicted molar refractivity (Wildman–Crippen MR) is 79.0 cm³/mol. The number of hydrogen-bond donors (Lipinski definition) is 1. The Kier molecular flexibility index (Phi) is 4.10. The summed E-state index contributed by atoms with van der Waals surface area (Å²) >= 11 is 4.25. The van der Waals surface area contributed by atoms with Crippen molar-refractivity contribution in [2.45, 2.75) is 0 Å². The lowest BCUT2D eigenvalue weighted by atomic mass is 10.1. The minimum Gasteiger partial charge on any atom is -0.374 e. The second-order valence-electron chi connectivity index (χ2n) is 4.06. The zero-order valence-corrected chi connectivity index (χ0v) is 10.9. The van der Waals surface area contributed by atoms with Crippen molar-refractivity contribution < 1.29 is 0 Å². The van der Waals surface area contributed by atoms with Crippen molar-refractivity contribution in [2.75, 3.05) is 24.2 Å². The Morgan fingerprint density at radius 3 is 2.06 bits per heavy atom. The predicted octanol–water partition coefficient (Wildman–Crippen LogP) is 3.72. The van der Waals surface area contributed by atoms with E-state index in [1.54, 1.807) is 0 Å². The van der Waals surface area contributed by atoms with Gasteiger partial charge in [-0.25, -0.2) is 0 Å². The van der Waals surface area contributed by atoms with Crippen LogP contribution in [0.15, 0.2) is 54.6 Å². The minimum atomic E-state index is 0.872. The van der Waals surface area contributed by atoms with Crippen LogP contribution in [0.3, 0.4) is 0 Å². The van der Waals surface area contributed by atoms with Gasteiger partial charge in [-0.1, -0.05) is 42.5 Å². The largest absolute Gasteiger partial charge is 0.374 e. The van der Waals surface area contributed by atoms with E-state index in [2.05, 4.69) is 73.1 Å². The summed E-state index contributed by atoms with van der Waals surface area (Å²) in [6.07, 6.45) is 0. The molecule has 2 aromatic rings. The van der Waals surface area contributed by atoms with Crippen molar-refractivity contribution in [2.24, 2.45) is 0 Å². The molecule has 0 aliphatic carbocycles. The van der Waals surface area contributed by atoms with Crippen molar-refractivity contribution >= 4 is 18.3 Å². The van der Waals surface area contributed by atoms with Crippen molar-refractivity contribution in [3.05, 3.63) is 54.6 Å². The molecular weight excluding hydrogens is 226 g/mol. The number of benzene rings is 2. The zero-order valence-electron chi connectivity index (χ0n) is 10.0. The molecule has 2 rings (SSSR count). The van der Waals surface area contributed by atoms with Gasteiger partial charge in [0.2, 0.25) is 0 Å². The summed E-state index contributed by atoms with van der Waals surface area (Å²) in [6, 6.07) is 19.1. The molecule has 0 spiro atoms. The molecular formula is C15H17NS. The molecule has 0 radical (unpaired) electrons. The minimum absolute atomic E-state index is 0.872. The highest BCUT2D eigenvalue weighted by Gasteiger charge is 2.00. The van der Waals surface area contributed by atoms with Crippen LogP contribution in [0.25, 0.3) is 11.1 Å². The molecule has 0 heterocycles. The first-order chi connectivity index (χ1) is 8.31. The molecule has 0 unspecified atom stereocenters. The second-order valence-corrected chi connectivity index (χ2v) is 4.51. The third kappa shape index (κ3) is 3.04. The van der Waals surface area contributed by atoms with Gasteiger partial charge in [-0.3, -0.25) is 0 Å². The number of nitrogens with zero attached hydrogens (tertiary/aromatic N) is 1. The fourth-order valence-corrected chi connectivity index (χ4v) is 2.12. The van der Waals surface area contributed by atoms with E-state index >= 15 is 0 Å². The van der Waals surface area contributed by atoms with E-state index < -0.39 is 0 Å². The van der Waals surface area contributed by atoms with Gasteiger partial charge in [0.25, 0.3) is 0 Å². The lowest BCUT2D eigenvalue weighted by molar-refractivity contribution is 0.980. The van der Waals surface area contributed by atoms with E-state index in [1.807, 2.05) is 6.07 Å². The van der Waals surface area contributed by atoms with Crippen molar-refractivity contribution in [3.63, 3.8) is 0 Å². The number of hydrogen-bond acceptors (Lipinski definition) is 2. The first-order valence-corrected chi connectivity index (χ1v) is 6.42. The molecule has 0 aliphatic heterocycles. The molecule has 0 aliphatic rings. The molecule has 17 heavy (non-hydrogen) atoms. The summed E-state index contributed by atoms with van der Waals surface area (Å²) < 4.78 is 0. The lowest BCUT2D eigenvalue weighted by Crippen LogP contribution is -2.19. The fraction of sp³-hybridized carbons (Fsp3) is 0.200. The van der Waals surface area contributed by atoms with Gasteiger partial charge in [-0.15, -0.1) is 0 Å². The topological polar surface area (TPSA) is 3.24 Å². The smallest absolute Gasteiger partial charge is 0.0364 e. The van der Waals surface area contributed by atoms with Crippen molar-refractivity contribution in [1.82, 2.24) is 0 Å². The molecule has 2 heteroatoms. The van der Waals surface area contributed by atoms with Gasteiger partial charge in [-0.2, -0.15) is 12.6 Å². The monoisotopic (exact) mass is 243 g/mol. The molecule has 0 bridgehead atoms. The average Bonchev–Trinajstić information content (AvgIpc) is 2.40. The molecule has 0 aromatic heterocycles. The molecule has 0 fully saturated rings. The Balaban J connectivity index is 2.19. The third-order valence-corrected chi connectivity index (χ3v) is 3.05. The maximum atomic E-state index is 4.25. The van der Waals surface area contributed by atoms with E-state index in [-0.39, 0.29) is 0 Å². The Hall–Kier alpha value is -1.41. The van der Waals surface area contributed by atoms with Crippen LogP contribution < -0.4 is 4.90 Å². The van der Waals surface area contributed by atoms with Crippen LogP contribution in [0.5, 0.6) is 0 Å². The first kappa shape index (κ1) is 12.1. The molecule has 1 nitrogen and oxygen atoms in total. The number of thiol groups is 1. The molecule has 0 amide bonds. The van der Waals surface area contributed by atoms with E-state index in [0.29, 0.717) is 0 Å². The van der Waals surface area contributed by atoms with Crippen LogP contribution in [-0.2, 0) is 0 Å². The van der Waals surface area contributed by atoms with Crippen LogP contribution >= 0.6 is 12.6 Å². The van der Waals surface area contributed by atoms with Gasteiger partial charge in [0.1, 0.15) is 0 Å². The average molecular weight is 243 g/mol. The van der Waals surface area contributed by atoms with Crippen LogP contribution in [0, 0.1) is 0 Å². The Morgan fingerprint density at radius 1 is 0.882 bits per heavy atom. The summed E-state index contributed by atoms with van der Waals surface area (Å²) in [7, 11) is 2.09. The highest BCUT2D eigenvalue weighted by Crippen LogP contribution is 2.22. The normalized spacial score (nSPS) is 10.2. The van der Waals surface area contributed by atoms with Crippen molar-refractivity contribution in [3.8, 4) is 11.1 Å². The van der Waals surface area contributed by atoms with Gasteiger partial charge >= 0.3 is 0 Å². The van der Waals surface area contributed by atoms with Gasteiger partial charge in [-0.05, 0) is 23.3 Å². The summed E-state index contributed by atoms with van der Waals surface area (Å²) in [5, 5.41) is 0. The Labute approximate surface area is 108 Å². The number of rotatable bonds is 4. The van der Waals surface area contributed by atoms with E-state index in [9.17, 15) is 0 Å². The Morgan fingerprint density at radius 2 is 1.47 bits per heavy atom. The summed E-state index contributed by atoms with van der Waals surface area (Å²) in [4.78, 5) is 2.21. The molecule has 0 N–H and O–H groups in total. The van der Waals surface area contributed by atoms with E-state index in [0.717, 1.165) is 12.3 Å². The second kappa shape index (κ2) is 5.78. The van der Waals surface area contributed by atoms with Gasteiger partial charge in [0.15, 0.2) is 0 Å². The van der Waals surface area contributed by atoms with Crippen LogP contribution in [0.4, 0.5) is 5.69 Å². The summed E-state index contributed by atoms with van der Waals surface area (Å²) in [6.45, 7) is 0.966. The molecule has 0 saturated heterocycles. The zero-order chi connectivity index (χ0) is 12.1. The fourth-order valence-electron chi connectivity index (χ4n) is 1.82. The third-order valence-electron chi connectivity index (χ3n) is 2.85. The quantitative estimate of drug-likeness (QED) is 0.801. The SMILES string of the molecule is CN(CCS)c1ccc(-c2ccccc2)cc1. The van der Waals surface area contributed by atoms with Crippen LogP contribution in [0.2, 0.25) is 0 Å². The maximum Gasteiger partial charge on any atom is 0.0364 e. The summed E-state index contributed by atoms with van der Waals surface area (Å²) in [5.41, 5.74) is 3.75. The molecule has 0 saturated carbocycles. The Bertz CT molecular complexity index is 450. The standard InChI is InChI=1S/C15H17NS/c1-16(11-12-17)15-9-7-14(8-10-15)13-5-3-2-4-6-13/h2-10,17H,11-12H2,1H3. The maximum absolute atomic E-state index is 4.25. The van der Waals surface area contributed by atoms with Crippen LogP contribution in [-0.4, -0.2) is 19.3 Å². The first-order valence-electron chi connectivity index (χ1n) is 5.79. The number of anilines is 1. The highest BCUT2D eigenvalue weighted by atomic mass is 32.1. The van der Waals surface area contributed by atoms with E-state index in [4.69, 9.17) is 0 Å². The molecule has 2 aromatic carbocycles. The van der Waals surface area contributed by atoms with Gasteiger partial charge < -0.3 is 4.90 Å². The van der Waals surface area contributed by atoms with Gasteiger partial charge in [0.05, 0.1) is 0 Å². The summed E-state index contributed by atoms with van der Waals surface area (Å²) in [5.74, 6) is 0.872. The lowest BCUT2D eigenvalue weighted by Gasteiger charge is -2.18. The highest BCUT2D eigenvalue weighted by molar-refractivity contribution is 7.80. The van der Waals surface area contributed by atoms with Gasteiger partial charge in [0, 0.05) is 25.0 Å². The molecule has 88 valence electrons. The molecule has 0 atom stereocenters.